The standard InChI is InChI=1S/C18H15ClN2O2S/c19-16-9-5-4-6-13(16)12-24-18-20-14(10-17(22)21-18)11-23-15-7-2-1-3-8-15/h1-10H,11-12H2,(H,20,21,22). The van der Waals surface area contributed by atoms with Gasteiger partial charge in [-0.15, -0.1) is 0 Å². The summed E-state index contributed by atoms with van der Waals surface area (Å²) < 4.78 is 5.64. The maximum atomic E-state index is 11.8. The third-order valence-corrected chi connectivity index (χ3v) is 4.52. The molecule has 0 amide bonds. The van der Waals surface area contributed by atoms with Crippen LogP contribution in [-0.4, -0.2) is 9.97 Å². The van der Waals surface area contributed by atoms with Gasteiger partial charge in [0.2, 0.25) is 0 Å². The molecule has 3 aromatic rings. The Bertz CT molecular complexity index is 868. The molecule has 0 atom stereocenters. The molecule has 1 N–H and O–H groups in total. The molecule has 0 aliphatic carbocycles. The molecule has 0 unspecified atom stereocenters. The first-order chi connectivity index (χ1) is 11.7. The van der Waals surface area contributed by atoms with E-state index in [0.29, 0.717) is 21.6 Å². The fraction of sp³-hybridized carbons (Fsp3) is 0.111. The molecule has 24 heavy (non-hydrogen) atoms. The minimum atomic E-state index is -0.196. The quantitative estimate of drug-likeness (QED) is 0.527. The predicted octanol–water partition coefficient (Wildman–Crippen LogP) is 4.29. The monoisotopic (exact) mass is 358 g/mol. The van der Waals surface area contributed by atoms with E-state index in [9.17, 15) is 4.79 Å². The zero-order chi connectivity index (χ0) is 16.8. The Balaban J connectivity index is 1.67. The number of nitrogens with one attached hydrogen (secondary N) is 1. The highest BCUT2D eigenvalue weighted by atomic mass is 35.5. The second-order valence-corrected chi connectivity index (χ2v) is 6.39. The Morgan fingerprint density at radius 2 is 1.83 bits per heavy atom. The number of para-hydroxylation sites is 1. The number of hydrogen-bond acceptors (Lipinski definition) is 4. The van der Waals surface area contributed by atoms with Gasteiger partial charge in [0.05, 0.1) is 5.69 Å². The highest BCUT2D eigenvalue weighted by Crippen LogP contribution is 2.24. The lowest BCUT2D eigenvalue weighted by atomic mass is 10.2. The average molecular weight is 359 g/mol. The summed E-state index contributed by atoms with van der Waals surface area (Å²) in [5.41, 5.74) is 1.39. The minimum absolute atomic E-state index is 0.196. The topological polar surface area (TPSA) is 55.0 Å². The molecule has 1 heterocycles. The highest BCUT2D eigenvalue weighted by Gasteiger charge is 2.06. The molecule has 0 bridgehead atoms. The van der Waals surface area contributed by atoms with Crippen molar-refractivity contribution >= 4 is 23.4 Å². The van der Waals surface area contributed by atoms with Gasteiger partial charge in [-0.05, 0) is 23.8 Å². The summed E-state index contributed by atoms with van der Waals surface area (Å²) >= 11 is 7.58. The van der Waals surface area contributed by atoms with E-state index < -0.39 is 0 Å². The Morgan fingerprint density at radius 1 is 1.08 bits per heavy atom. The molecule has 0 aliphatic heterocycles. The van der Waals surface area contributed by atoms with Gasteiger partial charge < -0.3 is 9.72 Å². The zero-order valence-corrected chi connectivity index (χ0v) is 14.3. The lowest BCUT2D eigenvalue weighted by Gasteiger charge is -2.07. The van der Waals surface area contributed by atoms with Crippen LogP contribution in [-0.2, 0) is 12.4 Å². The zero-order valence-electron chi connectivity index (χ0n) is 12.7. The molecule has 2 aromatic carbocycles. The lowest BCUT2D eigenvalue weighted by Crippen LogP contribution is -2.11. The normalized spacial score (nSPS) is 10.5. The summed E-state index contributed by atoms with van der Waals surface area (Å²) in [5, 5.41) is 1.25. The fourth-order valence-corrected chi connectivity index (χ4v) is 3.24. The van der Waals surface area contributed by atoms with E-state index in [1.165, 1.54) is 17.8 Å². The van der Waals surface area contributed by atoms with Crippen LogP contribution >= 0.6 is 23.4 Å². The van der Waals surface area contributed by atoms with E-state index in [4.69, 9.17) is 16.3 Å². The summed E-state index contributed by atoms with van der Waals surface area (Å²) in [4.78, 5) is 19.0. The molecular weight excluding hydrogens is 344 g/mol. The Kier molecular flexibility index (Phi) is 5.56. The first-order valence-electron chi connectivity index (χ1n) is 7.35. The molecule has 0 radical (unpaired) electrons. The Hall–Kier alpha value is -2.24. The Labute approximate surface area is 148 Å². The number of nitrogens with zero attached hydrogens (tertiary/aromatic N) is 1. The molecule has 0 fully saturated rings. The number of ether oxygens (including phenoxy) is 1. The van der Waals surface area contributed by atoms with Crippen LogP contribution < -0.4 is 10.3 Å². The third kappa shape index (κ3) is 4.63. The molecule has 0 saturated heterocycles. The SMILES string of the molecule is O=c1cc(COc2ccccc2)nc(SCc2ccccc2Cl)[nH]1. The smallest absolute Gasteiger partial charge is 0.251 e. The number of halogens is 1. The van der Waals surface area contributed by atoms with Crippen molar-refractivity contribution in [3.8, 4) is 5.75 Å². The molecule has 0 saturated carbocycles. The molecule has 0 spiro atoms. The van der Waals surface area contributed by atoms with Crippen molar-refractivity contribution in [3.63, 3.8) is 0 Å². The summed E-state index contributed by atoms with van der Waals surface area (Å²) in [6, 6.07) is 18.5. The van der Waals surface area contributed by atoms with Crippen molar-refractivity contribution in [3.05, 3.63) is 87.3 Å². The molecule has 4 nitrogen and oxygen atoms in total. The van der Waals surface area contributed by atoms with Crippen LogP contribution in [0.3, 0.4) is 0 Å². The van der Waals surface area contributed by atoms with Crippen molar-refractivity contribution < 1.29 is 4.74 Å². The van der Waals surface area contributed by atoms with Crippen LogP contribution in [0.1, 0.15) is 11.3 Å². The number of hydrogen-bond donors (Lipinski definition) is 1. The van der Waals surface area contributed by atoms with E-state index in [-0.39, 0.29) is 12.2 Å². The van der Waals surface area contributed by atoms with Crippen molar-refractivity contribution in [2.45, 2.75) is 17.5 Å². The molecule has 0 aliphatic rings. The van der Waals surface area contributed by atoms with E-state index in [2.05, 4.69) is 9.97 Å². The number of aromatic nitrogens is 2. The largest absolute Gasteiger partial charge is 0.487 e. The van der Waals surface area contributed by atoms with Crippen LogP contribution in [0.5, 0.6) is 5.75 Å². The summed E-state index contributed by atoms with van der Waals surface area (Å²) in [7, 11) is 0. The fourth-order valence-electron chi connectivity index (χ4n) is 2.06. The Morgan fingerprint density at radius 3 is 2.62 bits per heavy atom. The molecule has 6 heteroatoms. The maximum absolute atomic E-state index is 11.8. The first-order valence-corrected chi connectivity index (χ1v) is 8.71. The maximum Gasteiger partial charge on any atom is 0.251 e. The van der Waals surface area contributed by atoms with Crippen LogP contribution in [0.4, 0.5) is 0 Å². The number of H-pyrrole nitrogens is 1. The first kappa shape index (κ1) is 16.6. The van der Waals surface area contributed by atoms with Gasteiger partial charge in [-0.1, -0.05) is 59.8 Å². The van der Waals surface area contributed by atoms with Gasteiger partial charge in [0.1, 0.15) is 12.4 Å². The number of thioether (sulfide) groups is 1. The van der Waals surface area contributed by atoms with Crippen LogP contribution in [0, 0.1) is 0 Å². The van der Waals surface area contributed by atoms with Gasteiger partial charge >= 0.3 is 0 Å². The predicted molar refractivity (Wildman–Crippen MR) is 96.6 cm³/mol. The van der Waals surface area contributed by atoms with Gasteiger partial charge in [-0.2, -0.15) is 0 Å². The van der Waals surface area contributed by atoms with Gasteiger partial charge in [-0.25, -0.2) is 4.98 Å². The molecule has 3 rings (SSSR count). The molecule has 122 valence electrons. The summed E-state index contributed by atoms with van der Waals surface area (Å²) in [6.07, 6.45) is 0. The van der Waals surface area contributed by atoms with Crippen LogP contribution in [0.15, 0.2) is 70.6 Å². The van der Waals surface area contributed by atoms with Gasteiger partial charge in [0, 0.05) is 16.8 Å². The van der Waals surface area contributed by atoms with Crippen LogP contribution in [0.25, 0.3) is 0 Å². The number of benzene rings is 2. The lowest BCUT2D eigenvalue weighted by molar-refractivity contribution is 0.299. The van der Waals surface area contributed by atoms with Crippen molar-refractivity contribution in [2.24, 2.45) is 0 Å². The van der Waals surface area contributed by atoms with Gasteiger partial charge in [0.15, 0.2) is 5.16 Å². The third-order valence-electron chi connectivity index (χ3n) is 3.23. The van der Waals surface area contributed by atoms with E-state index in [1.54, 1.807) is 0 Å². The molecular formula is C18H15ClN2O2S. The average Bonchev–Trinajstić information content (AvgIpc) is 2.60. The minimum Gasteiger partial charge on any atom is -0.487 e. The van der Waals surface area contributed by atoms with Crippen LogP contribution in [0.2, 0.25) is 5.02 Å². The van der Waals surface area contributed by atoms with Gasteiger partial charge in [-0.3, -0.25) is 4.79 Å². The second kappa shape index (κ2) is 8.04. The second-order valence-electron chi connectivity index (χ2n) is 5.02. The van der Waals surface area contributed by atoms with E-state index in [0.717, 1.165) is 11.3 Å². The number of rotatable bonds is 6. The van der Waals surface area contributed by atoms with Crippen molar-refractivity contribution in [1.82, 2.24) is 9.97 Å². The summed E-state index contributed by atoms with van der Waals surface area (Å²) in [6.45, 7) is 0.244. The number of aromatic amines is 1. The van der Waals surface area contributed by atoms with E-state index >= 15 is 0 Å². The van der Waals surface area contributed by atoms with E-state index in [1.807, 2.05) is 54.6 Å². The van der Waals surface area contributed by atoms with Crippen molar-refractivity contribution in [2.75, 3.05) is 0 Å². The van der Waals surface area contributed by atoms with Gasteiger partial charge in [0.25, 0.3) is 5.56 Å². The molecule has 1 aromatic heterocycles. The summed E-state index contributed by atoms with van der Waals surface area (Å²) in [5.74, 6) is 1.37. The highest BCUT2D eigenvalue weighted by molar-refractivity contribution is 7.98. The van der Waals surface area contributed by atoms with Crippen molar-refractivity contribution in [1.29, 1.82) is 0 Å².